The second kappa shape index (κ2) is 6.77. The summed E-state index contributed by atoms with van der Waals surface area (Å²) in [4.78, 5) is 16.4. The summed E-state index contributed by atoms with van der Waals surface area (Å²) in [5.41, 5.74) is 1.31. The van der Waals surface area contributed by atoms with Gasteiger partial charge in [-0.25, -0.2) is 9.79 Å². The number of rotatable bonds is 4. The predicted molar refractivity (Wildman–Crippen MR) is 85.7 cm³/mol. The Bertz CT molecular complexity index is 595. The number of hydrogen-bond acceptors (Lipinski definition) is 4. The van der Waals surface area contributed by atoms with E-state index in [4.69, 9.17) is 9.47 Å². The third kappa shape index (κ3) is 3.38. The molecule has 0 N–H and O–H groups in total. The summed E-state index contributed by atoms with van der Waals surface area (Å²) in [5.74, 6) is 1.41. The molecule has 1 heterocycles. The number of benzene rings is 1. The maximum atomic E-state index is 12.0. The Morgan fingerprint density at radius 1 is 1.23 bits per heavy atom. The predicted octanol–water partition coefficient (Wildman–Crippen LogP) is 3.96. The van der Waals surface area contributed by atoms with Crippen molar-refractivity contribution in [3.63, 3.8) is 0 Å². The Kier molecular flexibility index (Phi) is 4.56. The summed E-state index contributed by atoms with van der Waals surface area (Å²) < 4.78 is 10.8. The van der Waals surface area contributed by atoms with Crippen molar-refractivity contribution in [3.8, 4) is 5.75 Å². The van der Waals surface area contributed by atoms with Crippen molar-refractivity contribution in [2.75, 3.05) is 6.61 Å². The van der Waals surface area contributed by atoms with Crippen molar-refractivity contribution in [1.82, 2.24) is 0 Å². The molecule has 116 valence electrons. The van der Waals surface area contributed by atoms with E-state index in [1.165, 1.54) is 19.3 Å². The molecule has 1 aromatic rings. The van der Waals surface area contributed by atoms with Crippen LogP contribution in [0.5, 0.6) is 5.75 Å². The first-order valence-electron chi connectivity index (χ1n) is 8.01. The second-order valence-electron chi connectivity index (χ2n) is 5.71. The van der Waals surface area contributed by atoms with E-state index < -0.39 is 0 Å². The fraction of sp³-hybridized carbons (Fsp3) is 0.444. The van der Waals surface area contributed by atoms with Gasteiger partial charge in [0.05, 0.1) is 6.61 Å². The first-order chi connectivity index (χ1) is 10.8. The van der Waals surface area contributed by atoms with Crippen molar-refractivity contribution in [3.05, 3.63) is 35.5 Å². The zero-order chi connectivity index (χ0) is 15.4. The molecule has 1 aromatic carbocycles. The molecule has 22 heavy (non-hydrogen) atoms. The number of cyclic esters (lactones) is 1. The number of carbonyl (C=O) groups is 1. The highest BCUT2D eigenvalue weighted by molar-refractivity contribution is 6.07. The van der Waals surface area contributed by atoms with E-state index in [-0.39, 0.29) is 5.97 Å². The normalized spacial score (nSPS) is 20.9. The van der Waals surface area contributed by atoms with Crippen LogP contribution < -0.4 is 4.74 Å². The minimum absolute atomic E-state index is 0.309. The highest BCUT2D eigenvalue weighted by Gasteiger charge is 2.29. The maximum absolute atomic E-state index is 12.0. The first-order valence-corrected chi connectivity index (χ1v) is 8.01. The number of carbonyl (C=O) groups excluding carboxylic acids is 1. The average molecular weight is 299 g/mol. The van der Waals surface area contributed by atoms with Gasteiger partial charge in [0.25, 0.3) is 0 Å². The standard InChI is InChI=1S/C18H21NO3/c1-2-21-15-10-8-13(9-11-15)12-16-18(20)22-17(19-16)14-6-4-3-5-7-14/h8-12,14H,2-7H2,1H3/b16-12-. The molecule has 1 fully saturated rings. The Morgan fingerprint density at radius 3 is 2.64 bits per heavy atom. The van der Waals surface area contributed by atoms with Gasteiger partial charge in [-0.1, -0.05) is 31.4 Å². The fourth-order valence-electron chi connectivity index (χ4n) is 2.93. The first kappa shape index (κ1) is 14.8. The van der Waals surface area contributed by atoms with Gasteiger partial charge in [-0.05, 0) is 43.5 Å². The van der Waals surface area contributed by atoms with Crippen LogP contribution in [0.25, 0.3) is 6.08 Å². The van der Waals surface area contributed by atoms with Crippen molar-refractivity contribution < 1.29 is 14.3 Å². The second-order valence-corrected chi connectivity index (χ2v) is 5.71. The number of hydrogen-bond donors (Lipinski definition) is 0. The molecule has 0 saturated heterocycles. The van der Waals surface area contributed by atoms with Gasteiger partial charge in [0, 0.05) is 5.92 Å². The molecule has 1 aliphatic heterocycles. The van der Waals surface area contributed by atoms with Gasteiger partial charge in [-0.3, -0.25) is 0 Å². The average Bonchev–Trinajstić information content (AvgIpc) is 2.91. The van der Waals surface area contributed by atoms with Crippen LogP contribution in [0.2, 0.25) is 0 Å². The van der Waals surface area contributed by atoms with Gasteiger partial charge in [0.15, 0.2) is 5.70 Å². The molecule has 0 amide bonds. The van der Waals surface area contributed by atoms with Crippen LogP contribution in [0.3, 0.4) is 0 Å². The van der Waals surface area contributed by atoms with Crippen LogP contribution in [-0.4, -0.2) is 18.5 Å². The number of esters is 1. The van der Waals surface area contributed by atoms with E-state index >= 15 is 0 Å². The molecule has 0 spiro atoms. The Labute approximate surface area is 130 Å². The molecular weight excluding hydrogens is 278 g/mol. The zero-order valence-electron chi connectivity index (χ0n) is 12.9. The number of ether oxygens (including phenoxy) is 2. The molecule has 0 radical (unpaired) electrons. The minimum atomic E-state index is -0.338. The molecule has 4 heteroatoms. The van der Waals surface area contributed by atoms with E-state index in [0.29, 0.717) is 24.1 Å². The van der Waals surface area contributed by atoms with Gasteiger partial charge in [0.1, 0.15) is 5.75 Å². The zero-order valence-corrected chi connectivity index (χ0v) is 12.9. The summed E-state index contributed by atoms with van der Waals surface area (Å²) in [7, 11) is 0. The van der Waals surface area contributed by atoms with E-state index in [2.05, 4.69) is 4.99 Å². The van der Waals surface area contributed by atoms with Gasteiger partial charge in [-0.15, -0.1) is 0 Å². The van der Waals surface area contributed by atoms with Gasteiger partial charge >= 0.3 is 5.97 Å². The summed E-state index contributed by atoms with van der Waals surface area (Å²) in [5, 5.41) is 0. The lowest BCUT2D eigenvalue weighted by atomic mass is 9.89. The number of nitrogens with zero attached hydrogens (tertiary/aromatic N) is 1. The lowest BCUT2D eigenvalue weighted by molar-refractivity contribution is -0.130. The summed E-state index contributed by atoms with van der Waals surface area (Å²) in [6.07, 6.45) is 7.57. The minimum Gasteiger partial charge on any atom is -0.494 e. The van der Waals surface area contributed by atoms with Gasteiger partial charge in [0.2, 0.25) is 5.90 Å². The van der Waals surface area contributed by atoms with E-state index in [1.807, 2.05) is 31.2 Å². The summed E-state index contributed by atoms with van der Waals surface area (Å²) >= 11 is 0. The van der Waals surface area contributed by atoms with Crippen molar-refractivity contribution in [2.24, 2.45) is 10.9 Å². The molecule has 0 atom stereocenters. The van der Waals surface area contributed by atoms with E-state index in [1.54, 1.807) is 6.08 Å². The number of aliphatic imine (C=N–C) groups is 1. The third-order valence-electron chi connectivity index (χ3n) is 4.09. The Hall–Kier alpha value is -2.10. The van der Waals surface area contributed by atoms with Crippen LogP contribution in [0.4, 0.5) is 0 Å². The van der Waals surface area contributed by atoms with Crippen molar-refractivity contribution in [2.45, 2.75) is 39.0 Å². The monoisotopic (exact) mass is 299 g/mol. The Balaban J connectivity index is 1.75. The molecule has 4 nitrogen and oxygen atoms in total. The maximum Gasteiger partial charge on any atom is 0.363 e. The van der Waals surface area contributed by atoms with E-state index in [0.717, 1.165) is 24.2 Å². The highest BCUT2D eigenvalue weighted by Crippen LogP contribution is 2.29. The quantitative estimate of drug-likeness (QED) is 0.624. The van der Waals surface area contributed by atoms with Crippen LogP contribution >= 0.6 is 0 Å². The molecule has 2 aliphatic rings. The highest BCUT2D eigenvalue weighted by atomic mass is 16.6. The van der Waals surface area contributed by atoms with Crippen LogP contribution in [0, 0.1) is 5.92 Å². The summed E-state index contributed by atoms with van der Waals surface area (Å²) in [6, 6.07) is 7.61. The fourth-order valence-corrected chi connectivity index (χ4v) is 2.93. The molecule has 1 aliphatic carbocycles. The van der Waals surface area contributed by atoms with Gasteiger partial charge < -0.3 is 9.47 Å². The molecular formula is C18H21NO3. The van der Waals surface area contributed by atoms with Crippen molar-refractivity contribution >= 4 is 17.9 Å². The molecule has 3 rings (SSSR count). The lowest BCUT2D eigenvalue weighted by Gasteiger charge is -2.19. The van der Waals surface area contributed by atoms with Crippen molar-refractivity contribution in [1.29, 1.82) is 0 Å². The van der Waals surface area contributed by atoms with Crippen LogP contribution in [0.15, 0.2) is 35.0 Å². The smallest absolute Gasteiger partial charge is 0.363 e. The molecule has 0 unspecified atom stereocenters. The molecule has 1 saturated carbocycles. The summed E-state index contributed by atoms with van der Waals surface area (Å²) in [6.45, 7) is 2.59. The molecule has 0 aromatic heterocycles. The van der Waals surface area contributed by atoms with Crippen LogP contribution in [0.1, 0.15) is 44.6 Å². The lowest BCUT2D eigenvalue weighted by Crippen LogP contribution is -2.19. The third-order valence-corrected chi connectivity index (χ3v) is 4.09. The van der Waals surface area contributed by atoms with Crippen LogP contribution in [-0.2, 0) is 9.53 Å². The van der Waals surface area contributed by atoms with E-state index in [9.17, 15) is 4.79 Å². The largest absolute Gasteiger partial charge is 0.494 e. The topological polar surface area (TPSA) is 47.9 Å². The SMILES string of the molecule is CCOc1ccc(/C=C2\N=C(C3CCCCC3)OC2=O)cc1. The Morgan fingerprint density at radius 2 is 1.95 bits per heavy atom. The molecule has 0 bridgehead atoms. The van der Waals surface area contributed by atoms with Gasteiger partial charge in [-0.2, -0.15) is 0 Å².